The molecule has 2 rings (SSSR count). The normalized spacial score (nSPS) is 12.4. The van der Waals surface area contributed by atoms with E-state index in [1.807, 2.05) is 6.92 Å². The number of nitrogens with zero attached hydrogens (tertiary/aromatic N) is 1. The molecule has 1 aromatic carbocycles. The highest BCUT2D eigenvalue weighted by molar-refractivity contribution is 9.10. The van der Waals surface area contributed by atoms with Crippen molar-refractivity contribution in [3.8, 4) is 0 Å². The van der Waals surface area contributed by atoms with E-state index < -0.39 is 11.9 Å². The van der Waals surface area contributed by atoms with Crippen LogP contribution >= 0.6 is 15.9 Å². The highest BCUT2D eigenvalue weighted by atomic mass is 79.9. The van der Waals surface area contributed by atoms with Gasteiger partial charge in [0.15, 0.2) is 0 Å². The summed E-state index contributed by atoms with van der Waals surface area (Å²) >= 11 is 3.33. The van der Waals surface area contributed by atoms with E-state index in [1.54, 1.807) is 18.2 Å². The van der Waals surface area contributed by atoms with Crippen molar-refractivity contribution < 1.29 is 8.78 Å². The van der Waals surface area contributed by atoms with Crippen molar-refractivity contribution in [2.75, 3.05) is 6.54 Å². The number of rotatable bonds is 4. The summed E-state index contributed by atoms with van der Waals surface area (Å²) in [6.45, 7) is 2.57. The van der Waals surface area contributed by atoms with Crippen molar-refractivity contribution in [3.05, 3.63) is 63.9 Å². The van der Waals surface area contributed by atoms with Crippen LogP contribution in [0, 0.1) is 11.6 Å². The van der Waals surface area contributed by atoms with Gasteiger partial charge in [0.1, 0.15) is 11.6 Å². The molecule has 1 heterocycles. The maximum Gasteiger partial charge on any atom is 0.141 e. The lowest BCUT2D eigenvalue weighted by Gasteiger charge is -2.18. The van der Waals surface area contributed by atoms with Crippen molar-refractivity contribution >= 4 is 15.9 Å². The van der Waals surface area contributed by atoms with Gasteiger partial charge in [-0.05, 0) is 36.9 Å². The van der Waals surface area contributed by atoms with Gasteiger partial charge < -0.3 is 5.32 Å². The van der Waals surface area contributed by atoms with Crippen molar-refractivity contribution in [2.45, 2.75) is 13.0 Å². The molecule has 0 bridgehead atoms. The highest BCUT2D eigenvalue weighted by Crippen LogP contribution is 2.26. The fourth-order valence-corrected chi connectivity index (χ4v) is 2.25. The molecule has 0 fully saturated rings. The van der Waals surface area contributed by atoms with Gasteiger partial charge in [-0.25, -0.2) is 8.78 Å². The molecule has 2 aromatic rings. The molecule has 5 heteroatoms. The molecule has 0 spiro atoms. The summed E-state index contributed by atoms with van der Waals surface area (Å²) in [7, 11) is 0. The number of pyridine rings is 1. The molecule has 2 nitrogen and oxygen atoms in total. The zero-order valence-electron chi connectivity index (χ0n) is 10.3. The minimum atomic E-state index is -0.409. The van der Waals surface area contributed by atoms with Gasteiger partial charge in [0, 0.05) is 10.0 Å². The molecule has 0 amide bonds. The fraction of sp³-hybridized carbons (Fsp3) is 0.214. The Kier molecular flexibility index (Phi) is 4.61. The van der Waals surface area contributed by atoms with Crippen molar-refractivity contribution in [2.24, 2.45) is 0 Å². The first kappa shape index (κ1) is 14.1. The Labute approximate surface area is 119 Å². The monoisotopic (exact) mass is 326 g/mol. The molecule has 1 aromatic heterocycles. The molecule has 1 N–H and O–H groups in total. The Morgan fingerprint density at radius 1 is 1.26 bits per heavy atom. The van der Waals surface area contributed by atoms with Crippen molar-refractivity contribution in [3.63, 3.8) is 0 Å². The van der Waals surface area contributed by atoms with Crippen LogP contribution in [0.25, 0.3) is 0 Å². The lowest BCUT2D eigenvalue weighted by atomic mass is 10.0. The second-order valence-electron chi connectivity index (χ2n) is 4.06. The smallest absolute Gasteiger partial charge is 0.141 e. The third-order valence-electron chi connectivity index (χ3n) is 2.72. The average Bonchev–Trinajstić information content (AvgIpc) is 2.40. The molecule has 100 valence electrons. The zero-order chi connectivity index (χ0) is 13.8. The van der Waals surface area contributed by atoms with Gasteiger partial charge in [0.25, 0.3) is 0 Å². The van der Waals surface area contributed by atoms with Crippen molar-refractivity contribution in [1.29, 1.82) is 0 Å². The number of hydrogen-bond donors (Lipinski definition) is 1. The third kappa shape index (κ3) is 3.36. The number of aromatic nitrogens is 1. The Balaban J connectivity index is 2.44. The molecule has 19 heavy (non-hydrogen) atoms. The first-order valence-corrected chi connectivity index (χ1v) is 6.71. The summed E-state index contributed by atoms with van der Waals surface area (Å²) in [5.41, 5.74) is 1.07. The molecule has 0 aliphatic rings. The van der Waals surface area contributed by atoms with Gasteiger partial charge in [0.2, 0.25) is 0 Å². The summed E-state index contributed by atoms with van der Waals surface area (Å²) in [4.78, 5) is 4.02. The van der Waals surface area contributed by atoms with E-state index >= 15 is 0 Å². The summed E-state index contributed by atoms with van der Waals surface area (Å²) in [6.07, 6.45) is 1.13. The molecular weight excluding hydrogens is 314 g/mol. The van der Waals surface area contributed by atoms with Gasteiger partial charge in [-0.1, -0.05) is 22.9 Å². The van der Waals surface area contributed by atoms with E-state index in [1.165, 1.54) is 12.1 Å². The van der Waals surface area contributed by atoms with Crippen LogP contribution in [0.4, 0.5) is 8.78 Å². The summed E-state index contributed by atoms with van der Waals surface area (Å²) in [5.74, 6) is -0.728. The van der Waals surface area contributed by atoms with Gasteiger partial charge >= 0.3 is 0 Å². The van der Waals surface area contributed by atoms with E-state index in [0.29, 0.717) is 17.8 Å². The second-order valence-corrected chi connectivity index (χ2v) is 4.97. The minimum Gasteiger partial charge on any atom is -0.305 e. The van der Waals surface area contributed by atoms with E-state index in [0.717, 1.165) is 10.7 Å². The number of nitrogens with one attached hydrogen (secondary N) is 1. The minimum absolute atomic E-state index is 0.319. The third-order valence-corrected chi connectivity index (χ3v) is 3.22. The first-order valence-electron chi connectivity index (χ1n) is 5.91. The second kappa shape index (κ2) is 6.21. The zero-order valence-corrected chi connectivity index (χ0v) is 11.9. The molecule has 0 radical (unpaired) electrons. The molecule has 0 saturated heterocycles. The predicted molar refractivity (Wildman–Crippen MR) is 73.8 cm³/mol. The van der Waals surface area contributed by atoms with Gasteiger partial charge in [-0.3, -0.25) is 4.98 Å². The van der Waals surface area contributed by atoms with E-state index in [9.17, 15) is 8.78 Å². The summed E-state index contributed by atoms with van der Waals surface area (Å²) < 4.78 is 27.6. The Morgan fingerprint density at radius 3 is 2.68 bits per heavy atom. The van der Waals surface area contributed by atoms with E-state index in [4.69, 9.17) is 0 Å². The molecular formula is C14H13BrF2N2. The lowest BCUT2D eigenvalue weighted by Crippen LogP contribution is -2.24. The Bertz CT molecular complexity index is 558. The number of halogens is 3. The lowest BCUT2D eigenvalue weighted by molar-refractivity contribution is 0.548. The summed E-state index contributed by atoms with van der Waals surface area (Å²) in [5, 5.41) is 3.16. The molecule has 1 unspecified atom stereocenters. The Hall–Kier alpha value is -1.33. The average molecular weight is 327 g/mol. The molecule has 1 atom stereocenters. The highest BCUT2D eigenvalue weighted by Gasteiger charge is 2.18. The first-order chi connectivity index (χ1) is 9.11. The van der Waals surface area contributed by atoms with Crippen LogP contribution in [0.1, 0.15) is 24.2 Å². The Morgan fingerprint density at radius 2 is 2.05 bits per heavy atom. The maximum absolute atomic E-state index is 13.9. The van der Waals surface area contributed by atoms with Gasteiger partial charge in [0.05, 0.1) is 17.9 Å². The number of hydrogen-bond acceptors (Lipinski definition) is 2. The van der Waals surface area contributed by atoms with E-state index in [2.05, 4.69) is 26.2 Å². The van der Waals surface area contributed by atoms with Crippen LogP contribution < -0.4 is 5.32 Å². The summed E-state index contributed by atoms with van der Waals surface area (Å²) in [6, 6.07) is 7.22. The van der Waals surface area contributed by atoms with Crippen LogP contribution in [-0.4, -0.2) is 11.5 Å². The quantitative estimate of drug-likeness (QED) is 0.923. The molecule has 0 aliphatic carbocycles. The van der Waals surface area contributed by atoms with Crippen molar-refractivity contribution in [1.82, 2.24) is 10.3 Å². The van der Waals surface area contributed by atoms with Crippen LogP contribution in [0.2, 0.25) is 0 Å². The van der Waals surface area contributed by atoms with Gasteiger partial charge in [-0.2, -0.15) is 0 Å². The molecule has 0 saturated carbocycles. The SMILES string of the molecule is CCNC(c1ccc(F)cn1)c1cc(Br)ccc1F. The van der Waals surface area contributed by atoms with Crippen LogP contribution in [0.15, 0.2) is 41.0 Å². The fourth-order valence-electron chi connectivity index (χ4n) is 1.87. The van der Waals surface area contributed by atoms with Crippen LogP contribution in [0.3, 0.4) is 0 Å². The van der Waals surface area contributed by atoms with Crippen LogP contribution in [0.5, 0.6) is 0 Å². The van der Waals surface area contributed by atoms with Gasteiger partial charge in [-0.15, -0.1) is 0 Å². The van der Waals surface area contributed by atoms with E-state index in [-0.39, 0.29) is 5.82 Å². The largest absolute Gasteiger partial charge is 0.305 e. The maximum atomic E-state index is 13.9. The van der Waals surface area contributed by atoms with Crippen LogP contribution in [-0.2, 0) is 0 Å². The molecule has 0 aliphatic heterocycles. The predicted octanol–water partition coefficient (Wildman–Crippen LogP) is 3.82. The number of benzene rings is 1. The standard InChI is InChI=1S/C14H13BrF2N2/c1-2-18-14(13-6-4-10(16)8-19-13)11-7-9(15)3-5-12(11)17/h3-8,14,18H,2H2,1H3. The topological polar surface area (TPSA) is 24.9 Å².